The highest BCUT2D eigenvalue weighted by Gasteiger charge is 2.31. The Bertz CT molecular complexity index is 1120. The summed E-state index contributed by atoms with van der Waals surface area (Å²) in [5.74, 6) is 1.48. The monoisotopic (exact) mass is 391 g/mol. The Morgan fingerprint density at radius 3 is 2.76 bits per heavy atom. The molecule has 0 bridgehead atoms. The standard InChI is InChI=1S/C21H25N7O/c1-5-29-19-15(6-11(2)16(7-22)18(19)14-8-24-9-14)13(4)28-21-17(12(3)27-28)20(23)25-10-26-21/h6,10,13-14,24H,5,8-9H2,1-4H3,(H2,23,25,26). The van der Waals surface area contributed by atoms with E-state index >= 15 is 0 Å². The number of nitrogen functional groups attached to an aromatic ring is 1. The van der Waals surface area contributed by atoms with Crippen LogP contribution in [0.5, 0.6) is 5.75 Å². The summed E-state index contributed by atoms with van der Waals surface area (Å²) in [6.07, 6.45) is 1.46. The molecule has 1 aromatic carbocycles. The molecule has 3 heterocycles. The minimum absolute atomic E-state index is 0.153. The molecule has 1 unspecified atom stereocenters. The SMILES string of the molecule is CCOc1c(C(C)n2nc(C)c3c(N)ncnc32)cc(C)c(C#N)c1C1CNC1. The Morgan fingerprint density at radius 1 is 1.38 bits per heavy atom. The van der Waals surface area contributed by atoms with Crippen LogP contribution in [0.4, 0.5) is 5.82 Å². The summed E-state index contributed by atoms with van der Waals surface area (Å²) in [5.41, 5.74) is 11.2. The number of aromatic nitrogens is 4. The molecule has 150 valence electrons. The van der Waals surface area contributed by atoms with Gasteiger partial charge in [0.15, 0.2) is 5.65 Å². The van der Waals surface area contributed by atoms with Crippen LogP contribution in [0, 0.1) is 25.2 Å². The van der Waals surface area contributed by atoms with E-state index in [0.717, 1.165) is 46.6 Å². The maximum absolute atomic E-state index is 9.81. The van der Waals surface area contributed by atoms with Crippen LogP contribution in [-0.4, -0.2) is 39.4 Å². The third-order valence-corrected chi connectivity index (χ3v) is 5.64. The normalized spacial score (nSPS) is 15.1. The number of nitrogens with two attached hydrogens (primary N) is 1. The zero-order chi connectivity index (χ0) is 20.7. The van der Waals surface area contributed by atoms with Crippen LogP contribution < -0.4 is 15.8 Å². The number of benzene rings is 1. The largest absolute Gasteiger partial charge is 0.493 e. The lowest BCUT2D eigenvalue weighted by Crippen LogP contribution is -2.40. The first-order chi connectivity index (χ1) is 14.0. The van der Waals surface area contributed by atoms with Crippen molar-refractivity contribution < 1.29 is 4.74 Å². The molecule has 8 nitrogen and oxygen atoms in total. The second kappa shape index (κ2) is 7.33. The molecular formula is C21H25N7O. The van der Waals surface area contributed by atoms with Crippen molar-refractivity contribution in [2.75, 3.05) is 25.4 Å². The number of rotatable bonds is 5. The van der Waals surface area contributed by atoms with Crippen LogP contribution in [0.25, 0.3) is 11.0 Å². The van der Waals surface area contributed by atoms with Gasteiger partial charge in [-0.1, -0.05) is 0 Å². The quantitative estimate of drug-likeness (QED) is 0.687. The number of hydrogen-bond donors (Lipinski definition) is 2. The van der Waals surface area contributed by atoms with Gasteiger partial charge in [-0.25, -0.2) is 14.6 Å². The van der Waals surface area contributed by atoms with E-state index in [4.69, 9.17) is 15.6 Å². The molecule has 0 aliphatic carbocycles. The average Bonchev–Trinajstić information content (AvgIpc) is 3.00. The number of ether oxygens (including phenoxy) is 1. The highest BCUT2D eigenvalue weighted by atomic mass is 16.5. The third-order valence-electron chi connectivity index (χ3n) is 5.64. The number of fused-ring (bicyclic) bond motifs is 1. The molecule has 0 amide bonds. The van der Waals surface area contributed by atoms with Gasteiger partial charge in [0.25, 0.3) is 0 Å². The summed E-state index contributed by atoms with van der Waals surface area (Å²) in [5, 5.41) is 18.6. The van der Waals surface area contributed by atoms with Crippen molar-refractivity contribution in [2.24, 2.45) is 0 Å². The van der Waals surface area contributed by atoms with Crippen molar-refractivity contribution in [1.29, 1.82) is 5.26 Å². The summed E-state index contributed by atoms with van der Waals surface area (Å²) < 4.78 is 8.00. The molecule has 1 aliphatic rings. The topological polar surface area (TPSA) is 115 Å². The molecule has 0 radical (unpaired) electrons. The van der Waals surface area contributed by atoms with Gasteiger partial charge in [-0.2, -0.15) is 10.4 Å². The van der Waals surface area contributed by atoms with E-state index in [1.54, 1.807) is 0 Å². The first kappa shape index (κ1) is 19.2. The molecule has 4 rings (SSSR count). The number of anilines is 1. The molecule has 3 aromatic rings. The van der Waals surface area contributed by atoms with Gasteiger partial charge < -0.3 is 15.8 Å². The van der Waals surface area contributed by atoms with Gasteiger partial charge in [-0.15, -0.1) is 0 Å². The number of nitrogens with one attached hydrogen (secondary N) is 1. The van der Waals surface area contributed by atoms with E-state index in [0.29, 0.717) is 23.6 Å². The van der Waals surface area contributed by atoms with E-state index in [1.165, 1.54) is 6.33 Å². The summed E-state index contributed by atoms with van der Waals surface area (Å²) in [7, 11) is 0. The molecular weight excluding hydrogens is 366 g/mol. The number of aryl methyl sites for hydroxylation is 2. The lowest BCUT2D eigenvalue weighted by Gasteiger charge is -2.32. The van der Waals surface area contributed by atoms with E-state index in [9.17, 15) is 5.26 Å². The smallest absolute Gasteiger partial charge is 0.164 e. The minimum Gasteiger partial charge on any atom is -0.493 e. The minimum atomic E-state index is -0.153. The van der Waals surface area contributed by atoms with Crippen LogP contribution in [0.1, 0.15) is 53.8 Å². The summed E-state index contributed by atoms with van der Waals surface area (Å²) in [4.78, 5) is 8.53. The van der Waals surface area contributed by atoms with Crippen LogP contribution in [0.2, 0.25) is 0 Å². The Labute approximate surface area is 169 Å². The van der Waals surface area contributed by atoms with Gasteiger partial charge in [0.2, 0.25) is 0 Å². The maximum atomic E-state index is 9.81. The van der Waals surface area contributed by atoms with E-state index in [-0.39, 0.29) is 12.0 Å². The van der Waals surface area contributed by atoms with E-state index < -0.39 is 0 Å². The predicted molar refractivity (Wildman–Crippen MR) is 111 cm³/mol. The van der Waals surface area contributed by atoms with Crippen LogP contribution in [0.3, 0.4) is 0 Å². The highest BCUT2D eigenvalue weighted by Crippen LogP contribution is 2.41. The van der Waals surface area contributed by atoms with Gasteiger partial charge in [-0.3, -0.25) is 0 Å². The van der Waals surface area contributed by atoms with Crippen molar-refractivity contribution in [3.8, 4) is 11.8 Å². The lowest BCUT2D eigenvalue weighted by atomic mass is 9.84. The van der Waals surface area contributed by atoms with E-state index in [2.05, 4.69) is 28.3 Å². The molecule has 8 heteroatoms. The zero-order valence-electron chi connectivity index (χ0n) is 17.2. The molecule has 1 aliphatic heterocycles. The number of nitrogens with zero attached hydrogens (tertiary/aromatic N) is 5. The highest BCUT2D eigenvalue weighted by molar-refractivity contribution is 5.88. The number of hydrogen-bond acceptors (Lipinski definition) is 7. The second-order valence-corrected chi connectivity index (χ2v) is 7.46. The molecule has 29 heavy (non-hydrogen) atoms. The zero-order valence-corrected chi connectivity index (χ0v) is 17.2. The molecule has 2 aromatic heterocycles. The van der Waals surface area contributed by atoms with Crippen molar-refractivity contribution >= 4 is 16.9 Å². The second-order valence-electron chi connectivity index (χ2n) is 7.46. The number of nitriles is 1. The average molecular weight is 391 g/mol. The summed E-state index contributed by atoms with van der Waals surface area (Å²) in [6.45, 7) is 10.1. The molecule has 0 spiro atoms. The molecule has 1 saturated heterocycles. The third kappa shape index (κ3) is 2.98. The molecule has 1 atom stereocenters. The van der Waals surface area contributed by atoms with Crippen LogP contribution in [0.15, 0.2) is 12.4 Å². The van der Waals surface area contributed by atoms with Crippen molar-refractivity contribution in [2.45, 2.75) is 39.7 Å². The van der Waals surface area contributed by atoms with E-state index in [1.807, 2.05) is 31.5 Å². The lowest BCUT2D eigenvalue weighted by molar-refractivity contribution is 0.319. The van der Waals surface area contributed by atoms with Crippen LogP contribution >= 0.6 is 0 Å². The van der Waals surface area contributed by atoms with Gasteiger partial charge >= 0.3 is 0 Å². The van der Waals surface area contributed by atoms with Gasteiger partial charge in [0, 0.05) is 30.1 Å². The fourth-order valence-electron chi connectivity index (χ4n) is 4.07. The fraction of sp³-hybridized carbons (Fsp3) is 0.429. The molecule has 0 saturated carbocycles. The van der Waals surface area contributed by atoms with Gasteiger partial charge in [0.05, 0.1) is 35.4 Å². The first-order valence-electron chi connectivity index (χ1n) is 9.84. The first-order valence-corrected chi connectivity index (χ1v) is 9.84. The van der Waals surface area contributed by atoms with Gasteiger partial charge in [-0.05, 0) is 39.3 Å². The fourth-order valence-corrected chi connectivity index (χ4v) is 4.07. The van der Waals surface area contributed by atoms with Crippen LogP contribution in [-0.2, 0) is 0 Å². The van der Waals surface area contributed by atoms with Crippen molar-refractivity contribution in [3.05, 3.63) is 40.3 Å². The maximum Gasteiger partial charge on any atom is 0.164 e. The van der Waals surface area contributed by atoms with Crippen molar-refractivity contribution in [3.63, 3.8) is 0 Å². The molecule has 3 N–H and O–H groups in total. The summed E-state index contributed by atoms with van der Waals surface area (Å²) >= 11 is 0. The van der Waals surface area contributed by atoms with Crippen molar-refractivity contribution in [1.82, 2.24) is 25.1 Å². The summed E-state index contributed by atoms with van der Waals surface area (Å²) in [6, 6.07) is 4.28. The predicted octanol–water partition coefficient (Wildman–Crippen LogP) is 2.59. The Morgan fingerprint density at radius 2 is 2.14 bits per heavy atom. The Kier molecular flexibility index (Phi) is 4.84. The molecule has 1 fully saturated rings. The Hall–Kier alpha value is -3.18. The van der Waals surface area contributed by atoms with Gasteiger partial charge in [0.1, 0.15) is 17.9 Å². The Balaban J connectivity index is 1.94.